The molecule has 0 bridgehead atoms. The molecule has 48 valence electrons. The molecular formula is C4H9IN2O. The zero-order chi connectivity index (χ0) is 6.41. The first kappa shape index (κ1) is 8.16. The molecule has 0 aromatic rings. The Kier molecular flexibility index (Phi) is 5.41. The lowest BCUT2D eigenvalue weighted by Gasteiger charge is -1.96. The van der Waals surface area contributed by atoms with Crippen molar-refractivity contribution in [3.8, 4) is 0 Å². The fourth-order valence-corrected chi connectivity index (χ4v) is 0.555. The summed E-state index contributed by atoms with van der Waals surface area (Å²) in [5, 5.41) is 2.64. The third-order valence-electron chi connectivity index (χ3n) is 0.593. The van der Waals surface area contributed by atoms with E-state index in [4.69, 9.17) is 0 Å². The predicted molar refractivity (Wildman–Crippen MR) is 40.7 cm³/mol. The van der Waals surface area contributed by atoms with Gasteiger partial charge in [-0.3, -0.25) is 8.32 Å². The fraction of sp³-hybridized carbons (Fsp3) is 0.750. The van der Waals surface area contributed by atoms with Crippen molar-refractivity contribution in [3.63, 3.8) is 0 Å². The first-order chi connectivity index (χ1) is 3.77. The van der Waals surface area contributed by atoms with Gasteiger partial charge in [-0.15, -0.1) is 0 Å². The number of nitrogens with one attached hydrogen (secondary N) is 2. The molecule has 4 heteroatoms. The van der Waals surface area contributed by atoms with Crippen LogP contribution in [0, 0.1) is 0 Å². The minimum Gasteiger partial charge on any atom is -0.355 e. The maximum Gasteiger partial charge on any atom is 0.216 e. The molecule has 2 N–H and O–H groups in total. The number of amides is 1. The first-order valence-corrected chi connectivity index (χ1v) is 3.43. The van der Waals surface area contributed by atoms with Gasteiger partial charge in [-0.05, 0) is 0 Å². The molecule has 0 heterocycles. The zero-order valence-corrected chi connectivity index (χ0v) is 6.86. The summed E-state index contributed by atoms with van der Waals surface area (Å²) in [5.41, 5.74) is 0. The Morgan fingerprint density at radius 3 is 2.62 bits per heavy atom. The normalized spacial score (nSPS) is 8.75. The summed E-state index contributed by atoms with van der Waals surface area (Å²) in [7, 11) is 0. The fourth-order valence-electron chi connectivity index (χ4n) is 0.286. The smallest absolute Gasteiger partial charge is 0.216 e. The summed E-state index contributed by atoms with van der Waals surface area (Å²) < 4.78 is 2.88. The van der Waals surface area contributed by atoms with Crippen molar-refractivity contribution in [3.05, 3.63) is 0 Å². The molecular weight excluding hydrogens is 219 g/mol. The van der Waals surface area contributed by atoms with E-state index in [2.05, 4.69) is 8.85 Å². The van der Waals surface area contributed by atoms with E-state index in [1.165, 1.54) is 6.92 Å². The van der Waals surface area contributed by atoms with Crippen molar-refractivity contribution in [1.29, 1.82) is 0 Å². The molecule has 0 aliphatic rings. The summed E-state index contributed by atoms with van der Waals surface area (Å²) in [6, 6.07) is 0. The Morgan fingerprint density at radius 2 is 2.25 bits per heavy atom. The minimum absolute atomic E-state index is 0.0247. The van der Waals surface area contributed by atoms with E-state index in [9.17, 15) is 4.79 Å². The highest BCUT2D eigenvalue weighted by molar-refractivity contribution is 14.1. The van der Waals surface area contributed by atoms with Gasteiger partial charge in [0.15, 0.2) is 0 Å². The van der Waals surface area contributed by atoms with E-state index in [0.717, 1.165) is 6.54 Å². The van der Waals surface area contributed by atoms with Crippen molar-refractivity contribution in [1.82, 2.24) is 8.85 Å². The lowest BCUT2D eigenvalue weighted by molar-refractivity contribution is -0.118. The summed E-state index contributed by atoms with van der Waals surface area (Å²) >= 11 is 2.03. The molecule has 0 rings (SSSR count). The van der Waals surface area contributed by atoms with Crippen molar-refractivity contribution < 1.29 is 4.79 Å². The van der Waals surface area contributed by atoms with Gasteiger partial charge in [-0.25, -0.2) is 0 Å². The molecule has 0 fully saturated rings. The number of halogens is 1. The molecule has 0 aliphatic carbocycles. The third kappa shape index (κ3) is 6.16. The van der Waals surface area contributed by atoms with Crippen LogP contribution in [0.15, 0.2) is 0 Å². The van der Waals surface area contributed by atoms with Gasteiger partial charge in [0, 0.05) is 42.9 Å². The van der Waals surface area contributed by atoms with Gasteiger partial charge in [0.1, 0.15) is 0 Å². The van der Waals surface area contributed by atoms with Crippen LogP contribution < -0.4 is 8.85 Å². The van der Waals surface area contributed by atoms with Crippen LogP contribution in [0.4, 0.5) is 0 Å². The highest BCUT2D eigenvalue weighted by atomic mass is 127. The van der Waals surface area contributed by atoms with Crippen molar-refractivity contribution >= 4 is 28.8 Å². The molecule has 0 aromatic carbocycles. The number of rotatable bonds is 3. The second-order valence-electron chi connectivity index (χ2n) is 1.37. The molecule has 0 aromatic heterocycles. The molecule has 8 heavy (non-hydrogen) atoms. The Morgan fingerprint density at radius 1 is 1.62 bits per heavy atom. The number of hydrogen-bond acceptors (Lipinski definition) is 2. The largest absolute Gasteiger partial charge is 0.355 e. The van der Waals surface area contributed by atoms with Crippen LogP contribution >= 0.6 is 22.9 Å². The van der Waals surface area contributed by atoms with Crippen molar-refractivity contribution in [2.24, 2.45) is 0 Å². The Labute approximate surface area is 62.7 Å². The van der Waals surface area contributed by atoms with Gasteiger partial charge in [0.2, 0.25) is 5.91 Å². The summed E-state index contributed by atoms with van der Waals surface area (Å²) in [4.78, 5) is 10.2. The summed E-state index contributed by atoms with van der Waals surface area (Å²) in [5.74, 6) is 0.0247. The van der Waals surface area contributed by atoms with E-state index in [0.29, 0.717) is 6.54 Å². The van der Waals surface area contributed by atoms with Crippen LogP contribution in [-0.2, 0) is 4.79 Å². The van der Waals surface area contributed by atoms with Gasteiger partial charge in [0.05, 0.1) is 0 Å². The van der Waals surface area contributed by atoms with E-state index >= 15 is 0 Å². The zero-order valence-electron chi connectivity index (χ0n) is 4.70. The molecule has 0 saturated carbocycles. The van der Waals surface area contributed by atoms with Crippen molar-refractivity contribution in [2.45, 2.75) is 6.92 Å². The maximum atomic E-state index is 10.2. The predicted octanol–water partition coefficient (Wildman–Crippen LogP) is 0.0621. The molecule has 0 aliphatic heterocycles. The van der Waals surface area contributed by atoms with Gasteiger partial charge in [-0.1, -0.05) is 0 Å². The average Bonchev–Trinajstić information content (AvgIpc) is 1.66. The minimum atomic E-state index is 0.0247. The van der Waals surface area contributed by atoms with Gasteiger partial charge in [0.25, 0.3) is 0 Å². The van der Waals surface area contributed by atoms with Crippen molar-refractivity contribution in [2.75, 3.05) is 13.1 Å². The van der Waals surface area contributed by atoms with Crippen LogP contribution in [0.1, 0.15) is 6.92 Å². The molecule has 3 nitrogen and oxygen atoms in total. The highest BCUT2D eigenvalue weighted by Crippen LogP contribution is 1.65. The third-order valence-corrected chi connectivity index (χ3v) is 1.13. The standard InChI is InChI=1S/C4H9IN2O/c1-4(8)6-2-3-7-5/h7H,2-3H2,1H3,(H,6,8). The van der Waals surface area contributed by atoms with Gasteiger partial charge >= 0.3 is 0 Å². The van der Waals surface area contributed by atoms with Crippen LogP contribution in [0.3, 0.4) is 0 Å². The van der Waals surface area contributed by atoms with Crippen LogP contribution in [0.2, 0.25) is 0 Å². The summed E-state index contributed by atoms with van der Waals surface area (Å²) in [6.45, 7) is 3.03. The number of carbonyl (C=O) groups excluding carboxylic acids is 1. The molecule has 0 radical (unpaired) electrons. The first-order valence-electron chi connectivity index (χ1n) is 2.35. The molecule has 0 unspecified atom stereocenters. The topological polar surface area (TPSA) is 41.1 Å². The number of hydrogen-bond donors (Lipinski definition) is 2. The maximum absolute atomic E-state index is 10.2. The van der Waals surface area contributed by atoms with E-state index in [-0.39, 0.29) is 5.91 Å². The molecule has 0 atom stereocenters. The average molecular weight is 228 g/mol. The Hall–Kier alpha value is 0.160. The lowest BCUT2D eigenvalue weighted by atomic mass is 10.6. The molecule has 0 spiro atoms. The van der Waals surface area contributed by atoms with E-state index in [1.54, 1.807) is 0 Å². The number of carbonyl (C=O) groups is 1. The highest BCUT2D eigenvalue weighted by Gasteiger charge is 1.85. The Balaban J connectivity index is 2.82. The van der Waals surface area contributed by atoms with E-state index in [1.807, 2.05) is 22.9 Å². The van der Waals surface area contributed by atoms with Crippen LogP contribution in [0.5, 0.6) is 0 Å². The Bertz CT molecular complexity index is 76.4. The monoisotopic (exact) mass is 228 g/mol. The van der Waals surface area contributed by atoms with Crippen LogP contribution in [0.25, 0.3) is 0 Å². The lowest BCUT2D eigenvalue weighted by Crippen LogP contribution is -2.26. The summed E-state index contributed by atoms with van der Waals surface area (Å²) in [6.07, 6.45) is 0. The molecule has 1 amide bonds. The SMILES string of the molecule is CC(=O)NCCNI. The van der Waals surface area contributed by atoms with Gasteiger partial charge in [-0.2, -0.15) is 0 Å². The van der Waals surface area contributed by atoms with Crippen LogP contribution in [-0.4, -0.2) is 19.0 Å². The van der Waals surface area contributed by atoms with Gasteiger partial charge < -0.3 is 5.32 Å². The quantitative estimate of drug-likeness (QED) is 0.407. The molecule has 0 saturated heterocycles. The second-order valence-corrected chi connectivity index (χ2v) is 2.13. The van der Waals surface area contributed by atoms with E-state index < -0.39 is 0 Å². The second kappa shape index (κ2) is 5.30.